The SMILES string of the molecule is Nc1nc(=O)n(C2OC(COPI)CC2F)cc1F. The molecule has 4 unspecified atom stereocenters. The molecular formula is C9H11F2IN3O3P. The molecule has 0 amide bonds. The van der Waals surface area contributed by atoms with E-state index in [4.69, 9.17) is 15.0 Å². The van der Waals surface area contributed by atoms with Crippen LogP contribution in [0.3, 0.4) is 0 Å². The van der Waals surface area contributed by atoms with Gasteiger partial charge >= 0.3 is 5.69 Å². The molecule has 106 valence electrons. The molecule has 1 fully saturated rings. The standard InChI is InChI=1S/C9H11F2IN3O3P/c10-5-1-4(3-17-19-12)18-8(5)15-2-6(11)7(13)14-9(15)16/h2,4-5,8,19H,1,3H2,(H2,13,14,16). The third kappa shape index (κ3) is 3.39. The summed E-state index contributed by atoms with van der Waals surface area (Å²) < 4.78 is 38.4. The average Bonchev–Trinajstić information content (AvgIpc) is 2.72. The summed E-state index contributed by atoms with van der Waals surface area (Å²) in [5.74, 6) is -1.40. The molecule has 1 aromatic rings. The number of nitrogen functional groups attached to an aromatic ring is 1. The highest BCUT2D eigenvalue weighted by atomic mass is 127. The number of hydrogen-bond acceptors (Lipinski definition) is 5. The van der Waals surface area contributed by atoms with Gasteiger partial charge in [0.05, 0.1) is 25.4 Å². The van der Waals surface area contributed by atoms with Crippen molar-refractivity contribution in [2.24, 2.45) is 0 Å². The number of nitrogens with zero attached hydrogens (tertiary/aromatic N) is 2. The number of rotatable bonds is 4. The van der Waals surface area contributed by atoms with Crippen LogP contribution in [0, 0.1) is 5.82 Å². The second-order valence-electron chi connectivity index (χ2n) is 3.95. The van der Waals surface area contributed by atoms with Crippen LogP contribution in [0.4, 0.5) is 14.6 Å². The lowest BCUT2D eigenvalue weighted by Crippen LogP contribution is -2.31. The molecule has 0 aliphatic carbocycles. The van der Waals surface area contributed by atoms with Gasteiger partial charge in [0.25, 0.3) is 0 Å². The first kappa shape index (κ1) is 15.0. The average molecular weight is 405 g/mol. The molecule has 10 heteroatoms. The highest BCUT2D eigenvalue weighted by Crippen LogP contribution is 2.32. The molecule has 1 aliphatic rings. The molecule has 0 saturated carbocycles. The lowest BCUT2D eigenvalue weighted by molar-refractivity contribution is -0.0341. The summed E-state index contributed by atoms with van der Waals surface area (Å²) in [5.41, 5.74) is 4.32. The van der Waals surface area contributed by atoms with Gasteiger partial charge in [0.15, 0.2) is 17.9 Å². The molecule has 2 N–H and O–H groups in total. The largest absolute Gasteiger partial charge is 0.381 e. The molecule has 4 atom stereocenters. The first-order valence-corrected chi connectivity index (χ1v) is 9.36. The van der Waals surface area contributed by atoms with E-state index in [1.165, 1.54) is 0 Å². The lowest BCUT2D eigenvalue weighted by Gasteiger charge is -2.16. The molecule has 2 heterocycles. The van der Waals surface area contributed by atoms with Crippen molar-refractivity contribution in [3.05, 3.63) is 22.5 Å². The molecule has 2 rings (SSSR count). The van der Waals surface area contributed by atoms with Gasteiger partial charge < -0.3 is 15.0 Å². The molecule has 19 heavy (non-hydrogen) atoms. The van der Waals surface area contributed by atoms with Crippen LogP contribution in [0.5, 0.6) is 0 Å². The maximum Gasteiger partial charge on any atom is 0.351 e. The van der Waals surface area contributed by atoms with E-state index in [0.717, 1.165) is 10.8 Å². The van der Waals surface area contributed by atoms with Crippen molar-refractivity contribution in [3.8, 4) is 0 Å². The first-order valence-electron chi connectivity index (χ1n) is 5.34. The summed E-state index contributed by atoms with van der Waals surface area (Å²) in [6, 6.07) is 0. The smallest absolute Gasteiger partial charge is 0.351 e. The second kappa shape index (κ2) is 6.38. The lowest BCUT2D eigenvalue weighted by atomic mass is 10.2. The molecule has 0 aromatic carbocycles. The Hall–Kier alpha value is -0.380. The Balaban J connectivity index is 2.18. The van der Waals surface area contributed by atoms with Crippen molar-refractivity contribution in [2.45, 2.75) is 24.9 Å². The Labute approximate surface area is 122 Å². The van der Waals surface area contributed by atoms with Crippen LogP contribution in [-0.2, 0) is 9.26 Å². The van der Waals surface area contributed by atoms with Crippen LogP contribution in [0.15, 0.2) is 11.0 Å². The normalized spacial score (nSPS) is 27.4. The first-order chi connectivity index (χ1) is 9.02. The monoisotopic (exact) mass is 405 g/mol. The Morgan fingerprint density at radius 2 is 2.47 bits per heavy atom. The van der Waals surface area contributed by atoms with E-state index in [9.17, 15) is 13.6 Å². The van der Waals surface area contributed by atoms with Gasteiger partial charge in [-0.3, -0.25) is 4.57 Å². The van der Waals surface area contributed by atoms with Gasteiger partial charge in [-0.1, -0.05) is 0 Å². The van der Waals surface area contributed by atoms with E-state index in [1.54, 1.807) is 0 Å². The summed E-state index contributed by atoms with van der Waals surface area (Å²) in [4.78, 5) is 14.8. The van der Waals surface area contributed by atoms with E-state index >= 15 is 0 Å². The minimum atomic E-state index is -1.42. The van der Waals surface area contributed by atoms with E-state index in [1.807, 2.05) is 22.0 Å². The number of ether oxygens (including phenoxy) is 1. The minimum absolute atomic E-state index is 0.0875. The summed E-state index contributed by atoms with van der Waals surface area (Å²) >= 11 is 2.04. The summed E-state index contributed by atoms with van der Waals surface area (Å²) in [7, 11) is 0. The topological polar surface area (TPSA) is 79.4 Å². The molecule has 1 aliphatic heterocycles. The number of halogens is 3. The van der Waals surface area contributed by atoms with Crippen molar-refractivity contribution < 1.29 is 18.0 Å². The van der Waals surface area contributed by atoms with Crippen LogP contribution < -0.4 is 11.4 Å². The Morgan fingerprint density at radius 3 is 3.16 bits per heavy atom. The predicted molar refractivity (Wildman–Crippen MR) is 74.6 cm³/mol. The molecular weight excluding hydrogens is 394 g/mol. The number of hydrogen-bond donors (Lipinski definition) is 1. The quantitative estimate of drug-likeness (QED) is 0.608. The van der Waals surface area contributed by atoms with Gasteiger partial charge in [-0.05, 0) is 22.0 Å². The Morgan fingerprint density at radius 1 is 1.74 bits per heavy atom. The molecule has 0 bridgehead atoms. The number of aromatic nitrogens is 2. The summed E-state index contributed by atoms with van der Waals surface area (Å²) in [5, 5.41) is 0. The maximum atomic E-state index is 13.8. The molecule has 0 radical (unpaired) electrons. The van der Waals surface area contributed by atoms with Gasteiger partial charge in [-0.15, -0.1) is 0 Å². The van der Waals surface area contributed by atoms with Crippen molar-refractivity contribution in [1.29, 1.82) is 0 Å². The molecule has 1 saturated heterocycles. The van der Waals surface area contributed by atoms with Gasteiger partial charge in [0.2, 0.25) is 0 Å². The highest BCUT2D eigenvalue weighted by Gasteiger charge is 2.37. The van der Waals surface area contributed by atoms with Crippen molar-refractivity contribution >= 4 is 34.3 Å². The van der Waals surface area contributed by atoms with Crippen molar-refractivity contribution in [1.82, 2.24) is 9.55 Å². The molecule has 0 spiro atoms. The zero-order valence-electron chi connectivity index (χ0n) is 9.55. The Kier molecular flexibility index (Phi) is 5.04. The predicted octanol–water partition coefficient (Wildman–Crippen LogP) is 1.55. The maximum absolute atomic E-state index is 13.8. The van der Waals surface area contributed by atoms with Gasteiger partial charge in [-0.2, -0.15) is 4.98 Å². The van der Waals surface area contributed by atoms with Crippen LogP contribution >= 0.6 is 28.5 Å². The van der Waals surface area contributed by atoms with Gasteiger partial charge in [0.1, 0.15) is 6.17 Å². The fourth-order valence-corrected chi connectivity index (χ4v) is 2.61. The van der Waals surface area contributed by atoms with Crippen LogP contribution in [0.25, 0.3) is 0 Å². The third-order valence-electron chi connectivity index (χ3n) is 2.66. The highest BCUT2D eigenvalue weighted by molar-refractivity contribution is 14.2. The number of anilines is 1. The summed E-state index contributed by atoms with van der Waals surface area (Å²) in [6.07, 6.45) is -2.18. The van der Waals surface area contributed by atoms with Crippen LogP contribution in [-0.4, -0.2) is 28.4 Å². The molecule has 1 aromatic heterocycles. The number of alkyl halides is 1. The Bertz CT molecular complexity index is 518. The minimum Gasteiger partial charge on any atom is -0.381 e. The van der Waals surface area contributed by atoms with Gasteiger partial charge in [-0.25, -0.2) is 13.6 Å². The number of nitrogens with two attached hydrogens (primary N) is 1. The van der Waals surface area contributed by atoms with Gasteiger partial charge in [0, 0.05) is 6.42 Å². The zero-order chi connectivity index (χ0) is 14.0. The van der Waals surface area contributed by atoms with E-state index in [2.05, 4.69) is 4.98 Å². The fraction of sp³-hybridized carbons (Fsp3) is 0.556. The van der Waals surface area contributed by atoms with Crippen molar-refractivity contribution in [2.75, 3.05) is 12.3 Å². The van der Waals surface area contributed by atoms with E-state index < -0.39 is 35.8 Å². The zero-order valence-corrected chi connectivity index (χ0v) is 12.7. The van der Waals surface area contributed by atoms with Crippen molar-refractivity contribution in [3.63, 3.8) is 0 Å². The van der Waals surface area contributed by atoms with E-state index in [-0.39, 0.29) is 19.5 Å². The fourth-order valence-electron chi connectivity index (χ4n) is 1.82. The van der Waals surface area contributed by atoms with E-state index in [0.29, 0.717) is 0 Å². The van der Waals surface area contributed by atoms with Crippen LogP contribution in [0.2, 0.25) is 0 Å². The molecule has 6 nitrogen and oxygen atoms in total. The second-order valence-corrected chi connectivity index (χ2v) is 5.72. The third-order valence-corrected chi connectivity index (χ3v) is 3.87. The summed E-state index contributed by atoms with van der Waals surface area (Å²) in [6.45, 7) is 0.473. The van der Waals surface area contributed by atoms with Crippen LogP contribution in [0.1, 0.15) is 12.6 Å².